The van der Waals surface area contributed by atoms with E-state index in [2.05, 4.69) is 9.97 Å². The molecule has 0 unspecified atom stereocenters. The molecule has 22 heavy (non-hydrogen) atoms. The SMILES string of the molecule is COC(=O)c1nc2cnc(-c3ccc(=O)n(C)c3)cn2c1C. The van der Waals surface area contributed by atoms with Crippen LogP contribution in [-0.2, 0) is 11.8 Å². The van der Waals surface area contributed by atoms with Crippen LogP contribution in [0, 0.1) is 6.92 Å². The predicted octanol–water partition coefficient (Wildman–Crippen LogP) is 1.19. The van der Waals surface area contributed by atoms with Gasteiger partial charge < -0.3 is 9.30 Å². The molecule has 0 saturated carbocycles. The number of rotatable bonds is 2. The molecule has 0 fully saturated rings. The summed E-state index contributed by atoms with van der Waals surface area (Å²) < 4.78 is 7.98. The lowest BCUT2D eigenvalue weighted by molar-refractivity contribution is 0.0594. The molecule has 0 aliphatic heterocycles. The van der Waals surface area contributed by atoms with Crippen molar-refractivity contribution in [2.45, 2.75) is 6.92 Å². The van der Waals surface area contributed by atoms with Crippen molar-refractivity contribution in [1.82, 2.24) is 18.9 Å². The van der Waals surface area contributed by atoms with Gasteiger partial charge in [0, 0.05) is 31.1 Å². The number of aryl methyl sites for hydroxylation is 2. The van der Waals surface area contributed by atoms with Gasteiger partial charge in [-0.1, -0.05) is 0 Å². The standard InChI is InChI=1S/C15H14N4O3/c1-9-14(15(21)22-3)17-12-6-16-11(8-19(9)12)10-4-5-13(20)18(2)7-10/h4-8H,1-3H3. The number of aromatic nitrogens is 4. The normalized spacial score (nSPS) is 10.9. The lowest BCUT2D eigenvalue weighted by Crippen LogP contribution is -2.14. The van der Waals surface area contributed by atoms with Crippen LogP contribution < -0.4 is 5.56 Å². The molecule has 0 aliphatic rings. The minimum atomic E-state index is -0.482. The van der Waals surface area contributed by atoms with E-state index in [1.54, 1.807) is 43.0 Å². The molecule has 0 atom stereocenters. The minimum Gasteiger partial charge on any atom is -0.464 e. The number of hydrogen-bond acceptors (Lipinski definition) is 5. The Balaban J connectivity index is 2.17. The van der Waals surface area contributed by atoms with Gasteiger partial charge in [0.2, 0.25) is 5.56 Å². The van der Waals surface area contributed by atoms with Crippen LogP contribution in [0.3, 0.4) is 0 Å². The lowest BCUT2D eigenvalue weighted by atomic mass is 10.2. The van der Waals surface area contributed by atoms with Crippen LogP contribution >= 0.6 is 0 Å². The highest BCUT2D eigenvalue weighted by Crippen LogP contribution is 2.18. The summed E-state index contributed by atoms with van der Waals surface area (Å²) in [6, 6.07) is 3.20. The van der Waals surface area contributed by atoms with E-state index in [1.807, 2.05) is 0 Å². The first-order valence-electron chi connectivity index (χ1n) is 6.61. The summed E-state index contributed by atoms with van der Waals surface area (Å²) in [5.74, 6) is -0.482. The first kappa shape index (κ1) is 14.0. The third kappa shape index (κ3) is 2.16. The van der Waals surface area contributed by atoms with Crippen LogP contribution in [0.25, 0.3) is 16.9 Å². The average molecular weight is 298 g/mol. The molecule has 7 nitrogen and oxygen atoms in total. The zero-order valence-corrected chi connectivity index (χ0v) is 12.4. The Morgan fingerprint density at radius 3 is 2.73 bits per heavy atom. The molecule has 0 bridgehead atoms. The first-order valence-corrected chi connectivity index (χ1v) is 6.61. The summed E-state index contributed by atoms with van der Waals surface area (Å²) in [6.45, 7) is 1.79. The molecule has 3 rings (SSSR count). The van der Waals surface area contributed by atoms with E-state index in [-0.39, 0.29) is 11.3 Å². The summed E-state index contributed by atoms with van der Waals surface area (Å²) in [6.07, 6.45) is 5.08. The molecule has 3 heterocycles. The van der Waals surface area contributed by atoms with Crippen molar-refractivity contribution < 1.29 is 9.53 Å². The number of fused-ring (bicyclic) bond motifs is 1. The van der Waals surface area contributed by atoms with E-state index < -0.39 is 5.97 Å². The number of carbonyl (C=O) groups excluding carboxylic acids is 1. The van der Waals surface area contributed by atoms with Crippen LogP contribution in [0.15, 0.2) is 35.5 Å². The summed E-state index contributed by atoms with van der Waals surface area (Å²) in [7, 11) is 3.00. The minimum absolute atomic E-state index is 0.0865. The van der Waals surface area contributed by atoms with Crippen molar-refractivity contribution in [3.05, 3.63) is 52.5 Å². The monoisotopic (exact) mass is 298 g/mol. The maximum Gasteiger partial charge on any atom is 0.358 e. The number of hydrogen-bond donors (Lipinski definition) is 0. The number of esters is 1. The van der Waals surface area contributed by atoms with Crippen LogP contribution in [0.4, 0.5) is 0 Å². The quantitative estimate of drug-likeness (QED) is 0.664. The Hall–Kier alpha value is -2.96. The van der Waals surface area contributed by atoms with E-state index in [9.17, 15) is 9.59 Å². The molecule has 0 radical (unpaired) electrons. The van der Waals surface area contributed by atoms with Gasteiger partial charge in [-0.25, -0.2) is 9.78 Å². The fourth-order valence-electron chi connectivity index (χ4n) is 2.26. The molecule has 0 aliphatic carbocycles. The summed E-state index contributed by atoms with van der Waals surface area (Å²) in [5, 5.41) is 0. The Morgan fingerprint density at radius 1 is 1.27 bits per heavy atom. The van der Waals surface area contributed by atoms with E-state index in [0.29, 0.717) is 17.0 Å². The van der Waals surface area contributed by atoms with Gasteiger partial charge >= 0.3 is 5.97 Å². The molecule has 0 amide bonds. The van der Waals surface area contributed by atoms with Gasteiger partial charge in [0.15, 0.2) is 11.3 Å². The van der Waals surface area contributed by atoms with Gasteiger partial charge in [-0.3, -0.25) is 14.2 Å². The average Bonchev–Trinajstić information content (AvgIpc) is 2.86. The Kier molecular flexibility index (Phi) is 3.25. The number of pyridine rings is 1. The second kappa shape index (κ2) is 5.10. The maximum absolute atomic E-state index is 11.7. The van der Waals surface area contributed by atoms with Crippen molar-refractivity contribution in [2.24, 2.45) is 7.05 Å². The molecule has 0 saturated heterocycles. The zero-order chi connectivity index (χ0) is 15.9. The number of carbonyl (C=O) groups is 1. The van der Waals surface area contributed by atoms with Crippen LogP contribution in [-0.4, -0.2) is 32.0 Å². The molecular formula is C15H14N4O3. The highest BCUT2D eigenvalue weighted by atomic mass is 16.5. The second-order valence-corrected chi connectivity index (χ2v) is 4.91. The lowest BCUT2D eigenvalue weighted by Gasteiger charge is -2.04. The van der Waals surface area contributed by atoms with E-state index in [0.717, 1.165) is 5.56 Å². The predicted molar refractivity (Wildman–Crippen MR) is 79.7 cm³/mol. The fourth-order valence-corrected chi connectivity index (χ4v) is 2.26. The van der Waals surface area contributed by atoms with Crippen molar-refractivity contribution in [2.75, 3.05) is 7.11 Å². The Morgan fingerprint density at radius 2 is 2.05 bits per heavy atom. The maximum atomic E-state index is 11.7. The van der Waals surface area contributed by atoms with Gasteiger partial charge in [0.25, 0.3) is 0 Å². The van der Waals surface area contributed by atoms with Crippen LogP contribution in [0.5, 0.6) is 0 Å². The van der Waals surface area contributed by atoms with Crippen molar-refractivity contribution in [3.63, 3.8) is 0 Å². The Bertz CT molecular complexity index is 940. The van der Waals surface area contributed by atoms with Gasteiger partial charge in [-0.15, -0.1) is 0 Å². The number of imidazole rings is 1. The molecule has 0 aromatic carbocycles. The first-order chi connectivity index (χ1) is 10.5. The van der Waals surface area contributed by atoms with Gasteiger partial charge in [0.05, 0.1) is 24.7 Å². The second-order valence-electron chi connectivity index (χ2n) is 4.91. The molecule has 0 spiro atoms. The van der Waals surface area contributed by atoms with E-state index in [4.69, 9.17) is 4.74 Å². The Labute approximate surface area is 125 Å². The van der Waals surface area contributed by atoms with E-state index in [1.165, 1.54) is 17.7 Å². The van der Waals surface area contributed by atoms with Gasteiger partial charge in [0.1, 0.15) is 0 Å². The molecular weight excluding hydrogens is 284 g/mol. The van der Waals surface area contributed by atoms with Gasteiger partial charge in [-0.05, 0) is 13.0 Å². The number of methoxy groups -OCH3 is 1. The molecule has 0 N–H and O–H groups in total. The third-order valence-electron chi connectivity index (χ3n) is 3.51. The largest absolute Gasteiger partial charge is 0.464 e. The number of ether oxygens (including phenoxy) is 1. The van der Waals surface area contributed by atoms with Gasteiger partial charge in [-0.2, -0.15) is 0 Å². The zero-order valence-electron chi connectivity index (χ0n) is 12.4. The third-order valence-corrected chi connectivity index (χ3v) is 3.51. The molecule has 7 heteroatoms. The molecule has 112 valence electrons. The fraction of sp³-hybridized carbons (Fsp3) is 0.200. The summed E-state index contributed by atoms with van der Waals surface area (Å²) in [4.78, 5) is 31.7. The van der Waals surface area contributed by atoms with Crippen LogP contribution in [0.1, 0.15) is 16.2 Å². The van der Waals surface area contributed by atoms with Crippen molar-refractivity contribution in [3.8, 4) is 11.3 Å². The summed E-state index contributed by atoms with van der Waals surface area (Å²) >= 11 is 0. The van der Waals surface area contributed by atoms with Crippen LogP contribution in [0.2, 0.25) is 0 Å². The highest BCUT2D eigenvalue weighted by molar-refractivity contribution is 5.89. The topological polar surface area (TPSA) is 78.5 Å². The number of nitrogens with zero attached hydrogens (tertiary/aromatic N) is 4. The van der Waals surface area contributed by atoms with Crippen molar-refractivity contribution >= 4 is 11.6 Å². The molecule has 3 aromatic rings. The smallest absolute Gasteiger partial charge is 0.358 e. The molecule has 3 aromatic heterocycles. The highest BCUT2D eigenvalue weighted by Gasteiger charge is 2.17. The van der Waals surface area contributed by atoms with E-state index >= 15 is 0 Å². The summed E-state index contributed by atoms with van der Waals surface area (Å²) in [5.41, 5.74) is 2.90. The van der Waals surface area contributed by atoms with Crippen molar-refractivity contribution in [1.29, 1.82) is 0 Å².